The van der Waals surface area contributed by atoms with Crippen LogP contribution in [0.25, 0.3) is 0 Å². The van der Waals surface area contributed by atoms with Crippen molar-refractivity contribution < 1.29 is 51.3 Å². The van der Waals surface area contributed by atoms with Gasteiger partial charge in [0.05, 0.1) is 36.0 Å². The third-order valence-corrected chi connectivity index (χ3v) is 6.57. The molecule has 0 saturated carbocycles. The minimum absolute atomic E-state index is 0.322. The van der Waals surface area contributed by atoms with Crippen molar-refractivity contribution in [1.82, 2.24) is 5.32 Å². The summed E-state index contributed by atoms with van der Waals surface area (Å²) in [5.41, 5.74) is -1.66. The van der Waals surface area contributed by atoms with Crippen LogP contribution in [0.15, 0.2) is 12.2 Å². The molecule has 3 aliphatic heterocycles. The van der Waals surface area contributed by atoms with Crippen LogP contribution >= 0.6 is 11.8 Å². The van der Waals surface area contributed by atoms with Crippen LogP contribution in [0.3, 0.4) is 0 Å². The zero-order chi connectivity index (χ0) is 21.5. The number of thioether (sulfide) groups is 1. The monoisotopic (exact) mass is 439 g/mol. The zero-order valence-corrected chi connectivity index (χ0v) is 15.7. The number of hydrogen-bond acceptors (Lipinski definition) is 9. The van der Waals surface area contributed by atoms with Gasteiger partial charge in [0.25, 0.3) is 0 Å². The quantitative estimate of drug-likeness (QED) is 0.274. The summed E-state index contributed by atoms with van der Waals surface area (Å²) in [6.07, 6.45) is -7.45. The number of carbonyl (C=O) groups is 4. The van der Waals surface area contributed by atoms with Crippen molar-refractivity contribution in [3.8, 4) is 0 Å². The summed E-state index contributed by atoms with van der Waals surface area (Å²) in [7, 11) is 1.19. The van der Waals surface area contributed by atoms with Crippen LogP contribution in [-0.2, 0) is 33.3 Å². The van der Waals surface area contributed by atoms with E-state index in [1.807, 2.05) is 0 Å². The van der Waals surface area contributed by atoms with Crippen molar-refractivity contribution >= 4 is 35.8 Å². The van der Waals surface area contributed by atoms with Crippen molar-refractivity contribution in [3.63, 3.8) is 0 Å². The number of hydrogen-bond donors (Lipinski definition) is 1. The zero-order valence-electron chi connectivity index (χ0n) is 14.9. The van der Waals surface area contributed by atoms with Crippen LogP contribution < -0.4 is 5.32 Å². The molecule has 29 heavy (non-hydrogen) atoms. The van der Waals surface area contributed by atoms with Crippen LogP contribution in [0.2, 0.25) is 0 Å². The average Bonchev–Trinajstić information content (AvgIpc) is 3.26. The minimum Gasteiger partial charge on any atom is -0.469 e. The van der Waals surface area contributed by atoms with Gasteiger partial charge < -0.3 is 24.3 Å². The normalized spacial score (nSPS) is 31.8. The molecule has 0 aromatic heterocycles. The maximum Gasteiger partial charge on any atom is 0.422 e. The highest BCUT2D eigenvalue weighted by Crippen LogP contribution is 2.59. The van der Waals surface area contributed by atoms with E-state index in [2.05, 4.69) is 16.6 Å². The van der Waals surface area contributed by atoms with E-state index in [4.69, 9.17) is 14.2 Å². The van der Waals surface area contributed by atoms with Gasteiger partial charge in [-0.2, -0.15) is 13.2 Å². The predicted molar refractivity (Wildman–Crippen MR) is 88.5 cm³/mol. The molecule has 2 bridgehead atoms. The molecule has 3 rings (SSSR count). The average molecular weight is 439 g/mol. The van der Waals surface area contributed by atoms with Gasteiger partial charge in [0, 0.05) is 0 Å². The first kappa shape index (κ1) is 21.3. The molecular weight excluding hydrogens is 423 g/mol. The fourth-order valence-corrected chi connectivity index (χ4v) is 5.53. The molecule has 160 valence electrons. The van der Waals surface area contributed by atoms with E-state index >= 15 is 0 Å². The Hall–Kier alpha value is -2.44. The Labute approximate surface area is 166 Å². The Morgan fingerprint density at radius 1 is 1.28 bits per heavy atom. The second-order valence-electron chi connectivity index (χ2n) is 6.45. The van der Waals surface area contributed by atoms with Crippen LogP contribution in [0.5, 0.6) is 0 Å². The van der Waals surface area contributed by atoms with Crippen molar-refractivity contribution in [2.24, 2.45) is 11.8 Å². The summed E-state index contributed by atoms with van der Waals surface area (Å²) in [6.45, 7) is 1.73. The molecule has 0 aromatic rings. The van der Waals surface area contributed by atoms with Crippen LogP contribution in [0.4, 0.5) is 18.0 Å². The highest BCUT2D eigenvalue weighted by molar-refractivity contribution is 8.01. The molecule has 1 amide bonds. The number of halogens is 3. The molecule has 3 aliphatic rings. The van der Waals surface area contributed by atoms with Gasteiger partial charge in [0.2, 0.25) is 0 Å². The molecule has 0 aromatic carbocycles. The maximum atomic E-state index is 12.3. The fraction of sp³-hybridized carbons (Fsp3) is 0.625. The van der Waals surface area contributed by atoms with Crippen molar-refractivity contribution in [2.45, 2.75) is 28.9 Å². The van der Waals surface area contributed by atoms with Gasteiger partial charge in [0.15, 0.2) is 12.2 Å². The highest BCUT2D eigenvalue weighted by Gasteiger charge is 2.71. The lowest BCUT2D eigenvalue weighted by Crippen LogP contribution is -2.49. The van der Waals surface area contributed by atoms with Crippen LogP contribution in [-0.4, -0.2) is 73.1 Å². The topological polar surface area (TPSA) is 117 Å². The second kappa shape index (κ2) is 7.76. The number of esters is 3. The molecule has 3 saturated heterocycles. The third-order valence-electron chi connectivity index (χ3n) is 4.81. The van der Waals surface area contributed by atoms with E-state index < -0.39 is 71.7 Å². The van der Waals surface area contributed by atoms with E-state index in [9.17, 15) is 32.3 Å². The van der Waals surface area contributed by atoms with E-state index in [0.29, 0.717) is 0 Å². The number of carbonyl (C=O) groups excluding carboxylic acids is 4. The number of fused-ring (bicyclic) bond motifs is 1. The van der Waals surface area contributed by atoms with Crippen molar-refractivity contribution in [1.29, 1.82) is 0 Å². The Kier molecular flexibility index (Phi) is 5.70. The molecule has 3 heterocycles. The number of rotatable bonds is 6. The van der Waals surface area contributed by atoms with E-state index in [1.165, 1.54) is 18.9 Å². The van der Waals surface area contributed by atoms with Gasteiger partial charge in [-0.1, -0.05) is 6.58 Å². The van der Waals surface area contributed by atoms with E-state index in [-0.39, 0.29) is 11.8 Å². The molecule has 0 radical (unpaired) electrons. The summed E-state index contributed by atoms with van der Waals surface area (Å²) in [6, 6.07) is 0. The van der Waals surface area contributed by atoms with Gasteiger partial charge in [-0.05, 0) is 0 Å². The summed E-state index contributed by atoms with van der Waals surface area (Å²) in [4.78, 5) is 47.2. The molecule has 1 N–H and O–H groups in total. The fourth-order valence-electron chi connectivity index (χ4n) is 3.54. The first-order chi connectivity index (χ1) is 13.6. The predicted octanol–water partition coefficient (Wildman–Crippen LogP) is 0.571. The van der Waals surface area contributed by atoms with Crippen molar-refractivity contribution in [2.75, 3.05) is 20.3 Å². The highest BCUT2D eigenvalue weighted by atomic mass is 32.2. The molecular formula is C16H16F3NO8S. The Morgan fingerprint density at radius 2 is 1.97 bits per heavy atom. The number of alkyl carbamates (subject to hydrolysis) is 1. The van der Waals surface area contributed by atoms with Gasteiger partial charge in [-0.3, -0.25) is 9.59 Å². The number of methoxy groups -OCH3 is 1. The van der Waals surface area contributed by atoms with Crippen LogP contribution in [0.1, 0.15) is 0 Å². The van der Waals surface area contributed by atoms with Gasteiger partial charge >= 0.3 is 30.2 Å². The lowest BCUT2D eigenvalue weighted by atomic mass is 9.78. The first-order valence-electron chi connectivity index (χ1n) is 8.37. The first-order valence-corrected chi connectivity index (χ1v) is 9.32. The lowest BCUT2D eigenvalue weighted by molar-refractivity contribution is -0.152. The Bertz CT molecular complexity index is 757. The number of ether oxygens (including phenoxy) is 4. The number of alkyl halides is 3. The van der Waals surface area contributed by atoms with Crippen molar-refractivity contribution in [3.05, 3.63) is 12.2 Å². The summed E-state index contributed by atoms with van der Waals surface area (Å²) < 4.78 is 56.5. The van der Waals surface area contributed by atoms with Crippen LogP contribution in [0, 0.1) is 11.8 Å². The van der Waals surface area contributed by atoms with Gasteiger partial charge in [0.1, 0.15) is 12.2 Å². The SMILES string of the molecule is C=C(C(=O)OCCNC(=O)OC1C2OC(=O)C3C2SC1C3C(=O)OC)C(F)(F)F. The maximum absolute atomic E-state index is 12.3. The molecule has 13 heteroatoms. The van der Waals surface area contributed by atoms with Gasteiger partial charge in [-0.15, -0.1) is 11.8 Å². The molecule has 6 unspecified atom stereocenters. The number of amides is 1. The summed E-state index contributed by atoms with van der Waals surface area (Å²) in [5, 5.41) is 1.36. The molecule has 0 spiro atoms. The van der Waals surface area contributed by atoms with E-state index in [1.54, 1.807) is 0 Å². The molecule has 6 atom stereocenters. The van der Waals surface area contributed by atoms with E-state index in [0.717, 1.165) is 0 Å². The summed E-state index contributed by atoms with van der Waals surface area (Å²) >= 11 is 1.32. The lowest BCUT2D eigenvalue weighted by Gasteiger charge is -2.28. The Balaban J connectivity index is 1.49. The smallest absolute Gasteiger partial charge is 0.422 e. The number of nitrogens with one attached hydrogen (secondary N) is 1. The molecule has 9 nitrogen and oxygen atoms in total. The minimum atomic E-state index is -4.91. The summed E-state index contributed by atoms with van der Waals surface area (Å²) in [5.74, 6) is -4.24. The Morgan fingerprint density at radius 3 is 2.59 bits per heavy atom. The largest absolute Gasteiger partial charge is 0.469 e. The molecule has 3 fully saturated rings. The molecule has 0 aliphatic carbocycles. The van der Waals surface area contributed by atoms with Gasteiger partial charge in [-0.25, -0.2) is 9.59 Å². The third kappa shape index (κ3) is 3.87. The standard InChI is InChI=1S/C16H16F3NO8S/c1-5(16(17,18)19)12(21)26-4-3-20-15(24)28-9-8-11-7(14(23)27-8)6(10(9)29-11)13(22)25-2/h6-11H,1,3-4H2,2H3,(H,20,24). The second-order valence-corrected chi connectivity index (χ2v) is 7.81.